The second kappa shape index (κ2) is 5.54. The van der Waals surface area contributed by atoms with E-state index in [4.69, 9.17) is 4.74 Å². The fourth-order valence-corrected chi connectivity index (χ4v) is 3.04. The quantitative estimate of drug-likeness (QED) is 0.884. The van der Waals surface area contributed by atoms with E-state index in [0.717, 1.165) is 24.2 Å². The lowest BCUT2D eigenvalue weighted by Crippen LogP contribution is -2.15. The van der Waals surface area contributed by atoms with E-state index < -0.39 is 0 Å². The van der Waals surface area contributed by atoms with E-state index in [-0.39, 0.29) is 11.5 Å². The number of hydrogen-bond donors (Lipinski definition) is 1. The maximum absolute atomic E-state index is 10.5. The molecule has 1 N–H and O–H groups in total. The van der Waals surface area contributed by atoms with E-state index in [1.807, 2.05) is 12.1 Å². The number of benzene rings is 1. The van der Waals surface area contributed by atoms with Gasteiger partial charge in [0.1, 0.15) is 5.75 Å². The summed E-state index contributed by atoms with van der Waals surface area (Å²) in [5, 5.41) is 10.5. The third-order valence-corrected chi connectivity index (χ3v) is 4.22. The third kappa shape index (κ3) is 3.11. The van der Waals surface area contributed by atoms with Crippen LogP contribution in [0.2, 0.25) is 0 Å². The lowest BCUT2D eigenvalue weighted by Gasteiger charge is -2.25. The van der Waals surface area contributed by atoms with Gasteiger partial charge in [0.05, 0.1) is 13.2 Å². The molecule has 0 aromatic heterocycles. The zero-order valence-corrected chi connectivity index (χ0v) is 12.6. The van der Waals surface area contributed by atoms with Gasteiger partial charge in [0.25, 0.3) is 0 Å². The van der Waals surface area contributed by atoms with Gasteiger partial charge in [0, 0.05) is 0 Å². The van der Waals surface area contributed by atoms with Crippen LogP contribution in [0.1, 0.15) is 63.7 Å². The first-order valence-electron chi connectivity index (χ1n) is 7.30. The van der Waals surface area contributed by atoms with Gasteiger partial charge in [0.2, 0.25) is 0 Å². The minimum Gasteiger partial charge on any atom is -0.496 e. The molecule has 0 heterocycles. The average molecular weight is 262 g/mol. The summed E-state index contributed by atoms with van der Waals surface area (Å²) in [6, 6.07) is 6.13. The van der Waals surface area contributed by atoms with Gasteiger partial charge in [-0.3, -0.25) is 0 Å². The Hall–Kier alpha value is -1.02. The average Bonchev–Trinajstić information content (AvgIpc) is 2.90. The first kappa shape index (κ1) is 14.4. The van der Waals surface area contributed by atoms with Crippen LogP contribution < -0.4 is 4.74 Å². The third-order valence-electron chi connectivity index (χ3n) is 4.22. The molecule has 1 unspecified atom stereocenters. The van der Waals surface area contributed by atoms with Crippen LogP contribution in [0.5, 0.6) is 5.75 Å². The van der Waals surface area contributed by atoms with Gasteiger partial charge < -0.3 is 9.84 Å². The van der Waals surface area contributed by atoms with Crippen molar-refractivity contribution in [2.24, 2.45) is 5.92 Å². The summed E-state index contributed by atoms with van der Waals surface area (Å²) in [5.41, 5.74) is 2.23. The Morgan fingerprint density at radius 2 is 1.84 bits per heavy atom. The number of methoxy groups -OCH3 is 1. The zero-order chi connectivity index (χ0) is 14.0. The lowest BCUT2D eigenvalue weighted by molar-refractivity contribution is 0.111. The molecule has 2 heteroatoms. The Kier molecular flexibility index (Phi) is 4.19. The number of rotatable bonds is 3. The summed E-state index contributed by atoms with van der Waals surface area (Å²) in [6.45, 7) is 6.53. The van der Waals surface area contributed by atoms with Crippen molar-refractivity contribution in [2.45, 2.75) is 58.0 Å². The van der Waals surface area contributed by atoms with Gasteiger partial charge in [-0.1, -0.05) is 39.7 Å². The fourth-order valence-electron chi connectivity index (χ4n) is 3.04. The normalized spacial score (nSPS) is 18.6. The molecule has 0 bridgehead atoms. The Balaban J connectivity index is 2.31. The van der Waals surface area contributed by atoms with Gasteiger partial charge >= 0.3 is 0 Å². The molecular weight excluding hydrogens is 236 g/mol. The molecule has 0 spiro atoms. The van der Waals surface area contributed by atoms with Crippen molar-refractivity contribution in [3.8, 4) is 5.75 Å². The van der Waals surface area contributed by atoms with Crippen molar-refractivity contribution in [1.82, 2.24) is 0 Å². The van der Waals surface area contributed by atoms with Crippen molar-refractivity contribution in [3.05, 3.63) is 29.3 Å². The van der Waals surface area contributed by atoms with Crippen LogP contribution in [0, 0.1) is 5.92 Å². The Morgan fingerprint density at radius 3 is 2.37 bits per heavy atom. The molecule has 19 heavy (non-hydrogen) atoms. The molecule has 106 valence electrons. The standard InChI is InChI=1S/C17H26O2/c1-17(2,3)14-11-13(9-10-15(14)19-4)16(18)12-7-5-6-8-12/h9-12,16,18H,5-8H2,1-4H3. The number of hydrogen-bond acceptors (Lipinski definition) is 2. The minimum absolute atomic E-state index is 0.0246. The molecule has 0 saturated heterocycles. The number of ether oxygens (including phenoxy) is 1. The van der Waals surface area contributed by atoms with Gasteiger partial charge in [-0.2, -0.15) is 0 Å². The molecule has 2 rings (SSSR count). The Labute approximate surface area is 116 Å². The second-order valence-corrected chi connectivity index (χ2v) is 6.70. The van der Waals surface area contributed by atoms with Crippen molar-refractivity contribution < 1.29 is 9.84 Å². The molecule has 0 radical (unpaired) electrons. The molecule has 1 atom stereocenters. The van der Waals surface area contributed by atoms with Crippen LogP contribution in [-0.2, 0) is 5.41 Å². The van der Waals surface area contributed by atoms with Crippen LogP contribution in [0.3, 0.4) is 0 Å². The summed E-state index contributed by atoms with van der Waals surface area (Å²) in [4.78, 5) is 0. The van der Waals surface area contributed by atoms with E-state index in [2.05, 4.69) is 26.8 Å². The molecule has 1 saturated carbocycles. The predicted octanol–water partition coefficient (Wildman–Crippen LogP) is 4.22. The highest BCUT2D eigenvalue weighted by atomic mass is 16.5. The lowest BCUT2D eigenvalue weighted by atomic mass is 9.83. The summed E-state index contributed by atoms with van der Waals surface area (Å²) in [6.07, 6.45) is 4.49. The fraction of sp³-hybridized carbons (Fsp3) is 0.647. The molecule has 1 aliphatic rings. The summed E-state index contributed by atoms with van der Waals surface area (Å²) >= 11 is 0. The summed E-state index contributed by atoms with van der Waals surface area (Å²) in [7, 11) is 1.71. The largest absolute Gasteiger partial charge is 0.496 e. The smallest absolute Gasteiger partial charge is 0.122 e. The highest BCUT2D eigenvalue weighted by Gasteiger charge is 2.26. The van der Waals surface area contributed by atoms with Crippen molar-refractivity contribution in [3.63, 3.8) is 0 Å². The maximum Gasteiger partial charge on any atom is 0.122 e. The molecule has 1 fully saturated rings. The second-order valence-electron chi connectivity index (χ2n) is 6.70. The Bertz CT molecular complexity index is 425. The van der Waals surface area contributed by atoms with Crippen LogP contribution in [0.25, 0.3) is 0 Å². The van der Waals surface area contributed by atoms with Crippen molar-refractivity contribution in [2.75, 3.05) is 7.11 Å². The first-order valence-corrected chi connectivity index (χ1v) is 7.30. The van der Waals surface area contributed by atoms with Crippen molar-refractivity contribution >= 4 is 0 Å². The van der Waals surface area contributed by atoms with E-state index in [9.17, 15) is 5.11 Å². The van der Waals surface area contributed by atoms with Crippen molar-refractivity contribution in [1.29, 1.82) is 0 Å². The summed E-state index contributed by atoms with van der Waals surface area (Å²) in [5.74, 6) is 1.34. The molecule has 1 aromatic carbocycles. The van der Waals surface area contributed by atoms with E-state index in [0.29, 0.717) is 5.92 Å². The van der Waals surface area contributed by atoms with Crippen LogP contribution in [0.15, 0.2) is 18.2 Å². The van der Waals surface area contributed by atoms with E-state index >= 15 is 0 Å². The van der Waals surface area contributed by atoms with Crippen LogP contribution >= 0.6 is 0 Å². The first-order chi connectivity index (χ1) is 8.93. The molecular formula is C17H26O2. The topological polar surface area (TPSA) is 29.5 Å². The van der Waals surface area contributed by atoms with Gasteiger partial charge in [0.15, 0.2) is 0 Å². The Morgan fingerprint density at radius 1 is 1.21 bits per heavy atom. The maximum atomic E-state index is 10.5. The zero-order valence-electron chi connectivity index (χ0n) is 12.6. The molecule has 2 nitrogen and oxygen atoms in total. The number of aliphatic hydroxyl groups excluding tert-OH is 1. The summed E-state index contributed by atoms with van der Waals surface area (Å²) < 4.78 is 5.45. The predicted molar refractivity (Wildman–Crippen MR) is 78.6 cm³/mol. The molecule has 0 aliphatic heterocycles. The number of aliphatic hydroxyl groups is 1. The highest BCUT2D eigenvalue weighted by molar-refractivity contribution is 5.42. The van der Waals surface area contributed by atoms with Crippen LogP contribution in [-0.4, -0.2) is 12.2 Å². The minimum atomic E-state index is -0.325. The SMILES string of the molecule is COc1ccc(C(O)C2CCCC2)cc1C(C)(C)C. The monoisotopic (exact) mass is 262 g/mol. The molecule has 1 aliphatic carbocycles. The highest BCUT2D eigenvalue weighted by Crippen LogP contribution is 2.39. The van der Waals surface area contributed by atoms with E-state index in [1.165, 1.54) is 18.4 Å². The van der Waals surface area contributed by atoms with Crippen LogP contribution in [0.4, 0.5) is 0 Å². The molecule has 0 amide bonds. The van der Waals surface area contributed by atoms with E-state index in [1.54, 1.807) is 7.11 Å². The van der Waals surface area contributed by atoms with Gasteiger partial charge in [-0.15, -0.1) is 0 Å². The van der Waals surface area contributed by atoms with Gasteiger partial charge in [-0.25, -0.2) is 0 Å². The molecule has 1 aromatic rings. The van der Waals surface area contributed by atoms with Gasteiger partial charge in [-0.05, 0) is 47.4 Å².